The molecule has 114 valence electrons. The van der Waals surface area contributed by atoms with E-state index in [0.29, 0.717) is 22.6 Å². The second-order valence-corrected chi connectivity index (χ2v) is 9.15. The molecule has 0 aliphatic carbocycles. The van der Waals surface area contributed by atoms with E-state index in [2.05, 4.69) is 20.9 Å². The quantitative estimate of drug-likeness (QED) is 0.686. The Balaban J connectivity index is 2.13. The van der Waals surface area contributed by atoms with Gasteiger partial charge in [-0.3, -0.25) is 4.98 Å². The number of likely N-dealkylation sites (N-methyl/N-ethyl adjacent to an activating group) is 1. The second-order valence-electron chi connectivity index (χ2n) is 4.42. The molecule has 0 aliphatic heterocycles. The minimum atomic E-state index is -3.51. The maximum Gasteiger partial charge on any atom is 0.244 e. The lowest BCUT2D eigenvalue weighted by atomic mass is 10.2. The molecule has 21 heavy (non-hydrogen) atoms. The summed E-state index contributed by atoms with van der Waals surface area (Å²) in [6.45, 7) is 0.408. The molecular weight excluding hydrogens is 396 g/mol. The molecule has 2 aromatic heterocycles. The van der Waals surface area contributed by atoms with Gasteiger partial charge in [-0.1, -0.05) is 0 Å². The molecule has 0 N–H and O–H groups in total. The van der Waals surface area contributed by atoms with Crippen molar-refractivity contribution in [2.45, 2.75) is 17.2 Å². The molecule has 0 spiro atoms. The van der Waals surface area contributed by atoms with Gasteiger partial charge in [-0.05, 0) is 46.1 Å². The Labute approximate surface area is 141 Å². The molecule has 0 atom stereocenters. The molecule has 8 heteroatoms. The van der Waals surface area contributed by atoms with E-state index in [1.807, 2.05) is 12.1 Å². The van der Waals surface area contributed by atoms with Gasteiger partial charge in [0, 0.05) is 30.9 Å². The van der Waals surface area contributed by atoms with E-state index < -0.39 is 10.0 Å². The zero-order valence-corrected chi connectivity index (χ0v) is 15.3. The highest BCUT2D eigenvalue weighted by molar-refractivity contribution is 9.11. The van der Waals surface area contributed by atoms with Crippen LogP contribution in [0.4, 0.5) is 0 Å². The minimum absolute atomic E-state index is 0.278. The van der Waals surface area contributed by atoms with E-state index in [0.717, 1.165) is 10.4 Å². The van der Waals surface area contributed by atoms with Crippen LogP contribution in [-0.4, -0.2) is 31.3 Å². The first-order valence-corrected chi connectivity index (χ1v) is 9.73. The monoisotopic (exact) mass is 408 g/mol. The minimum Gasteiger partial charge on any atom is -0.265 e. The molecule has 0 amide bonds. The summed E-state index contributed by atoms with van der Waals surface area (Å²) in [6, 6.07) is 5.39. The Morgan fingerprint density at radius 1 is 1.38 bits per heavy atom. The van der Waals surface area contributed by atoms with Crippen molar-refractivity contribution in [2.24, 2.45) is 0 Å². The SMILES string of the molecule is CN(CCc1ccncc1)S(=O)(=O)c1cc(CCl)sc1Br. The molecule has 2 heterocycles. The summed E-state index contributed by atoms with van der Waals surface area (Å²) in [4.78, 5) is 5.05. The lowest BCUT2D eigenvalue weighted by Gasteiger charge is -2.16. The highest BCUT2D eigenvalue weighted by atomic mass is 79.9. The number of pyridine rings is 1. The topological polar surface area (TPSA) is 50.3 Å². The van der Waals surface area contributed by atoms with Gasteiger partial charge in [0.1, 0.15) is 4.90 Å². The Hall–Kier alpha value is -0.470. The lowest BCUT2D eigenvalue weighted by molar-refractivity contribution is 0.472. The summed E-state index contributed by atoms with van der Waals surface area (Å²) in [5.41, 5.74) is 1.05. The number of thiophene rings is 1. The highest BCUT2D eigenvalue weighted by Gasteiger charge is 2.25. The number of hydrogen-bond acceptors (Lipinski definition) is 4. The lowest BCUT2D eigenvalue weighted by Crippen LogP contribution is -2.29. The standard InChI is InChI=1S/C13H14BrClN2O2S2/c1-17(7-4-10-2-5-16-6-3-10)21(18,19)12-8-11(9-15)20-13(12)14/h2-3,5-6,8H,4,7,9H2,1H3. The molecule has 0 radical (unpaired) electrons. The van der Waals surface area contributed by atoms with E-state index in [1.54, 1.807) is 25.5 Å². The fourth-order valence-corrected chi connectivity index (χ4v) is 5.65. The van der Waals surface area contributed by atoms with E-state index in [1.165, 1.54) is 15.6 Å². The van der Waals surface area contributed by atoms with Crippen molar-refractivity contribution in [1.29, 1.82) is 0 Å². The Morgan fingerprint density at radius 2 is 2.05 bits per heavy atom. The second kappa shape index (κ2) is 7.19. The zero-order valence-electron chi connectivity index (χ0n) is 11.3. The molecule has 0 aliphatic rings. The molecule has 0 unspecified atom stereocenters. The van der Waals surface area contributed by atoms with Crippen LogP contribution in [0.5, 0.6) is 0 Å². The van der Waals surface area contributed by atoms with E-state index in [-0.39, 0.29) is 4.90 Å². The van der Waals surface area contributed by atoms with Crippen LogP contribution in [0.2, 0.25) is 0 Å². The first-order valence-electron chi connectivity index (χ1n) is 6.14. The number of hydrogen-bond donors (Lipinski definition) is 0. The van der Waals surface area contributed by atoms with E-state index in [4.69, 9.17) is 11.6 Å². The fraction of sp³-hybridized carbons (Fsp3) is 0.308. The van der Waals surface area contributed by atoms with Gasteiger partial charge >= 0.3 is 0 Å². The number of halogens is 2. The van der Waals surface area contributed by atoms with Gasteiger partial charge in [-0.2, -0.15) is 0 Å². The van der Waals surface area contributed by atoms with Crippen molar-refractivity contribution >= 4 is 48.9 Å². The van der Waals surface area contributed by atoms with Crippen molar-refractivity contribution in [3.05, 3.63) is 44.8 Å². The Bertz CT molecular complexity index is 704. The van der Waals surface area contributed by atoms with Crippen molar-refractivity contribution in [1.82, 2.24) is 9.29 Å². The van der Waals surface area contributed by atoms with Gasteiger partial charge < -0.3 is 0 Å². The summed E-state index contributed by atoms with van der Waals surface area (Å²) in [7, 11) is -1.92. The summed E-state index contributed by atoms with van der Waals surface area (Å²) >= 11 is 10.4. The van der Waals surface area contributed by atoms with Crippen LogP contribution >= 0.6 is 38.9 Å². The average molecular weight is 410 g/mol. The fourth-order valence-electron chi connectivity index (χ4n) is 1.76. The van der Waals surface area contributed by atoms with Crippen LogP contribution in [0, 0.1) is 0 Å². The molecule has 0 saturated heterocycles. The number of aromatic nitrogens is 1. The number of alkyl halides is 1. The summed E-state index contributed by atoms with van der Waals surface area (Å²) < 4.78 is 27.1. The zero-order chi connectivity index (χ0) is 15.5. The third-order valence-corrected chi connectivity index (χ3v) is 7.55. The normalized spacial score (nSPS) is 12.0. The molecule has 2 aromatic rings. The van der Waals surface area contributed by atoms with Crippen molar-refractivity contribution in [3.63, 3.8) is 0 Å². The van der Waals surface area contributed by atoms with Crippen LogP contribution in [-0.2, 0) is 22.3 Å². The average Bonchev–Trinajstić information content (AvgIpc) is 2.87. The van der Waals surface area contributed by atoms with Crippen LogP contribution in [0.1, 0.15) is 10.4 Å². The number of rotatable bonds is 6. The molecule has 0 saturated carbocycles. The van der Waals surface area contributed by atoms with Gasteiger partial charge in [-0.15, -0.1) is 22.9 Å². The first-order chi connectivity index (χ1) is 9.95. The first kappa shape index (κ1) is 16.9. The summed E-state index contributed by atoms with van der Waals surface area (Å²) in [6.07, 6.45) is 4.04. The van der Waals surface area contributed by atoms with E-state index >= 15 is 0 Å². The van der Waals surface area contributed by atoms with Gasteiger partial charge in [0.05, 0.1) is 9.67 Å². The third-order valence-electron chi connectivity index (χ3n) is 2.99. The smallest absolute Gasteiger partial charge is 0.244 e. The van der Waals surface area contributed by atoms with Crippen LogP contribution in [0.15, 0.2) is 39.3 Å². The van der Waals surface area contributed by atoms with Crippen molar-refractivity contribution < 1.29 is 8.42 Å². The molecule has 0 aromatic carbocycles. The maximum atomic E-state index is 12.6. The molecule has 4 nitrogen and oxygen atoms in total. The van der Waals surface area contributed by atoms with Gasteiger partial charge in [-0.25, -0.2) is 12.7 Å². The molecule has 2 rings (SSSR count). The van der Waals surface area contributed by atoms with Gasteiger partial charge in [0.2, 0.25) is 10.0 Å². The van der Waals surface area contributed by atoms with Crippen LogP contribution in [0.3, 0.4) is 0 Å². The largest absolute Gasteiger partial charge is 0.265 e. The summed E-state index contributed by atoms with van der Waals surface area (Å²) in [5.74, 6) is 0.305. The van der Waals surface area contributed by atoms with Crippen molar-refractivity contribution in [3.8, 4) is 0 Å². The molecule has 0 bridgehead atoms. The third kappa shape index (κ3) is 4.04. The Kier molecular flexibility index (Phi) is 5.79. The van der Waals surface area contributed by atoms with Crippen LogP contribution in [0.25, 0.3) is 0 Å². The van der Waals surface area contributed by atoms with Gasteiger partial charge in [0.15, 0.2) is 0 Å². The predicted octanol–water partition coefficient (Wildman–Crippen LogP) is 3.51. The highest BCUT2D eigenvalue weighted by Crippen LogP contribution is 2.33. The number of nitrogens with zero attached hydrogens (tertiary/aromatic N) is 2. The number of sulfonamides is 1. The molecular formula is C13H14BrClN2O2S2. The summed E-state index contributed by atoms with van der Waals surface area (Å²) in [5, 5.41) is 0. The van der Waals surface area contributed by atoms with E-state index in [9.17, 15) is 8.42 Å². The maximum absolute atomic E-state index is 12.6. The van der Waals surface area contributed by atoms with Gasteiger partial charge in [0.25, 0.3) is 0 Å². The molecule has 0 fully saturated rings. The van der Waals surface area contributed by atoms with Crippen LogP contribution < -0.4 is 0 Å². The predicted molar refractivity (Wildman–Crippen MR) is 89.3 cm³/mol. The Morgan fingerprint density at radius 3 is 2.62 bits per heavy atom. The van der Waals surface area contributed by atoms with Crippen molar-refractivity contribution in [2.75, 3.05) is 13.6 Å².